The standard InChI is InChI=1S/C15H27N3O/c1-4-13-7-8-15(19-13)14(10-16)18-9-5-6-12(11-18)17(2)3/h7-8,12,14H,4-6,9-11,16H2,1-3H3. The number of rotatable bonds is 5. The van der Waals surface area contributed by atoms with Crippen LogP contribution in [0.25, 0.3) is 0 Å². The third-order valence-electron chi connectivity index (χ3n) is 4.18. The van der Waals surface area contributed by atoms with Crippen molar-refractivity contribution in [2.45, 2.75) is 38.3 Å². The van der Waals surface area contributed by atoms with Gasteiger partial charge in [-0.3, -0.25) is 4.90 Å². The van der Waals surface area contributed by atoms with Crippen molar-refractivity contribution in [2.24, 2.45) is 5.73 Å². The lowest BCUT2D eigenvalue weighted by Crippen LogP contribution is -2.47. The Morgan fingerprint density at radius 3 is 2.84 bits per heavy atom. The van der Waals surface area contributed by atoms with Gasteiger partial charge in [-0.25, -0.2) is 0 Å². The molecular weight excluding hydrogens is 238 g/mol. The maximum Gasteiger partial charge on any atom is 0.122 e. The minimum Gasteiger partial charge on any atom is -0.464 e. The molecule has 0 radical (unpaired) electrons. The minimum atomic E-state index is 0.225. The molecule has 2 heterocycles. The Morgan fingerprint density at radius 2 is 2.26 bits per heavy atom. The SMILES string of the molecule is CCc1ccc(C(CN)N2CCCC(N(C)C)C2)o1. The van der Waals surface area contributed by atoms with E-state index in [1.54, 1.807) is 0 Å². The molecular formula is C15H27N3O. The zero-order valence-electron chi connectivity index (χ0n) is 12.4. The highest BCUT2D eigenvalue weighted by Gasteiger charge is 2.28. The maximum absolute atomic E-state index is 5.99. The lowest BCUT2D eigenvalue weighted by atomic mass is 10.0. The third kappa shape index (κ3) is 3.38. The van der Waals surface area contributed by atoms with Crippen LogP contribution >= 0.6 is 0 Å². The largest absolute Gasteiger partial charge is 0.464 e. The van der Waals surface area contributed by atoms with Gasteiger partial charge in [0.2, 0.25) is 0 Å². The fraction of sp³-hybridized carbons (Fsp3) is 0.733. The summed E-state index contributed by atoms with van der Waals surface area (Å²) >= 11 is 0. The van der Waals surface area contributed by atoms with E-state index in [2.05, 4.69) is 43.0 Å². The van der Waals surface area contributed by atoms with Gasteiger partial charge in [-0.1, -0.05) is 6.92 Å². The summed E-state index contributed by atoms with van der Waals surface area (Å²) in [6, 6.07) is 5.02. The zero-order chi connectivity index (χ0) is 13.8. The maximum atomic E-state index is 5.99. The summed E-state index contributed by atoms with van der Waals surface area (Å²) in [5.74, 6) is 2.08. The number of furan rings is 1. The van der Waals surface area contributed by atoms with Gasteiger partial charge in [0.25, 0.3) is 0 Å². The highest BCUT2D eigenvalue weighted by atomic mass is 16.3. The smallest absolute Gasteiger partial charge is 0.122 e. The molecule has 2 rings (SSSR count). The summed E-state index contributed by atoms with van der Waals surface area (Å²) in [6.07, 6.45) is 3.46. The molecule has 1 fully saturated rings. The van der Waals surface area contributed by atoms with E-state index in [1.807, 2.05) is 0 Å². The van der Waals surface area contributed by atoms with Gasteiger partial charge in [-0.2, -0.15) is 0 Å². The summed E-state index contributed by atoms with van der Waals surface area (Å²) < 4.78 is 5.90. The van der Waals surface area contributed by atoms with Crippen molar-refractivity contribution in [1.29, 1.82) is 0 Å². The van der Waals surface area contributed by atoms with Crippen LogP contribution in [0.3, 0.4) is 0 Å². The lowest BCUT2D eigenvalue weighted by molar-refractivity contribution is 0.0887. The normalized spacial score (nSPS) is 22.9. The Labute approximate surface area is 116 Å². The van der Waals surface area contributed by atoms with E-state index in [0.717, 1.165) is 31.0 Å². The number of aryl methyl sites for hydroxylation is 1. The number of piperidine rings is 1. The van der Waals surface area contributed by atoms with E-state index in [1.165, 1.54) is 12.8 Å². The first-order valence-corrected chi connectivity index (χ1v) is 7.34. The van der Waals surface area contributed by atoms with Crippen LogP contribution in [0.1, 0.15) is 37.3 Å². The quantitative estimate of drug-likeness (QED) is 0.883. The van der Waals surface area contributed by atoms with Crippen LogP contribution in [-0.2, 0) is 6.42 Å². The topological polar surface area (TPSA) is 45.6 Å². The first-order chi connectivity index (χ1) is 9.15. The number of hydrogen-bond donors (Lipinski definition) is 1. The van der Waals surface area contributed by atoms with E-state index >= 15 is 0 Å². The van der Waals surface area contributed by atoms with Crippen LogP contribution in [-0.4, -0.2) is 49.6 Å². The van der Waals surface area contributed by atoms with E-state index in [9.17, 15) is 0 Å². The highest BCUT2D eigenvalue weighted by molar-refractivity contribution is 5.12. The van der Waals surface area contributed by atoms with Crippen LogP contribution in [0.15, 0.2) is 16.5 Å². The molecule has 1 aromatic rings. The van der Waals surface area contributed by atoms with Crippen molar-refractivity contribution in [3.63, 3.8) is 0 Å². The van der Waals surface area contributed by atoms with Crippen LogP contribution in [0, 0.1) is 0 Å². The molecule has 0 bridgehead atoms. The third-order valence-corrected chi connectivity index (χ3v) is 4.18. The van der Waals surface area contributed by atoms with Gasteiger partial charge in [0.05, 0.1) is 6.04 Å². The van der Waals surface area contributed by atoms with Gasteiger partial charge in [0, 0.05) is 25.6 Å². The Kier molecular flexibility index (Phi) is 5.02. The molecule has 2 atom stereocenters. The number of hydrogen-bond acceptors (Lipinski definition) is 4. The predicted octanol–water partition coefficient (Wildman–Crippen LogP) is 1.87. The first kappa shape index (κ1) is 14.6. The molecule has 0 aliphatic carbocycles. The molecule has 108 valence electrons. The Hall–Kier alpha value is -0.840. The Morgan fingerprint density at radius 1 is 1.47 bits per heavy atom. The molecule has 0 aromatic carbocycles. The molecule has 2 N–H and O–H groups in total. The molecule has 4 heteroatoms. The molecule has 2 unspecified atom stereocenters. The molecule has 1 saturated heterocycles. The van der Waals surface area contributed by atoms with Crippen molar-refractivity contribution in [3.05, 3.63) is 23.7 Å². The monoisotopic (exact) mass is 265 g/mol. The van der Waals surface area contributed by atoms with Gasteiger partial charge in [-0.05, 0) is 45.6 Å². The van der Waals surface area contributed by atoms with Crippen molar-refractivity contribution in [2.75, 3.05) is 33.7 Å². The molecule has 1 aliphatic rings. The van der Waals surface area contributed by atoms with Gasteiger partial charge >= 0.3 is 0 Å². The molecule has 0 amide bonds. The summed E-state index contributed by atoms with van der Waals surface area (Å²) in [5.41, 5.74) is 5.99. The van der Waals surface area contributed by atoms with Crippen LogP contribution in [0.4, 0.5) is 0 Å². The summed E-state index contributed by atoms with van der Waals surface area (Å²) in [6.45, 7) is 4.94. The second-order valence-electron chi connectivity index (χ2n) is 5.66. The highest BCUT2D eigenvalue weighted by Crippen LogP contribution is 2.26. The van der Waals surface area contributed by atoms with Gasteiger partial charge in [0.1, 0.15) is 11.5 Å². The Balaban J connectivity index is 2.08. The number of nitrogens with two attached hydrogens (primary N) is 1. The van der Waals surface area contributed by atoms with Crippen molar-refractivity contribution < 1.29 is 4.42 Å². The van der Waals surface area contributed by atoms with E-state index in [-0.39, 0.29) is 6.04 Å². The Bertz CT molecular complexity index is 388. The predicted molar refractivity (Wildman–Crippen MR) is 78.2 cm³/mol. The van der Waals surface area contributed by atoms with Crippen molar-refractivity contribution in [3.8, 4) is 0 Å². The second kappa shape index (κ2) is 6.55. The van der Waals surface area contributed by atoms with Crippen molar-refractivity contribution >= 4 is 0 Å². The number of nitrogens with zero attached hydrogens (tertiary/aromatic N) is 2. The van der Waals surface area contributed by atoms with Crippen molar-refractivity contribution in [1.82, 2.24) is 9.80 Å². The first-order valence-electron chi connectivity index (χ1n) is 7.34. The van der Waals surface area contributed by atoms with Gasteiger partial charge in [-0.15, -0.1) is 0 Å². The van der Waals surface area contributed by atoms with Gasteiger partial charge < -0.3 is 15.1 Å². The zero-order valence-corrected chi connectivity index (χ0v) is 12.4. The molecule has 1 aliphatic heterocycles. The van der Waals surface area contributed by atoms with E-state index in [4.69, 9.17) is 10.2 Å². The molecule has 19 heavy (non-hydrogen) atoms. The van der Waals surface area contributed by atoms with Crippen LogP contribution in [0.2, 0.25) is 0 Å². The molecule has 4 nitrogen and oxygen atoms in total. The lowest BCUT2D eigenvalue weighted by Gasteiger charge is -2.39. The average Bonchev–Trinajstić information content (AvgIpc) is 2.89. The van der Waals surface area contributed by atoms with Crippen LogP contribution in [0.5, 0.6) is 0 Å². The van der Waals surface area contributed by atoms with Crippen LogP contribution < -0.4 is 5.73 Å². The molecule has 0 spiro atoms. The molecule has 0 saturated carbocycles. The van der Waals surface area contributed by atoms with E-state index in [0.29, 0.717) is 12.6 Å². The fourth-order valence-electron chi connectivity index (χ4n) is 2.90. The number of likely N-dealkylation sites (tertiary alicyclic amines) is 1. The van der Waals surface area contributed by atoms with Gasteiger partial charge in [0.15, 0.2) is 0 Å². The number of likely N-dealkylation sites (N-methyl/N-ethyl adjacent to an activating group) is 1. The van der Waals surface area contributed by atoms with E-state index < -0.39 is 0 Å². The summed E-state index contributed by atoms with van der Waals surface area (Å²) in [4.78, 5) is 4.80. The minimum absolute atomic E-state index is 0.225. The average molecular weight is 265 g/mol. The second-order valence-corrected chi connectivity index (χ2v) is 5.66. The molecule has 1 aromatic heterocycles. The fourth-order valence-corrected chi connectivity index (χ4v) is 2.90. The summed E-state index contributed by atoms with van der Waals surface area (Å²) in [5, 5.41) is 0. The summed E-state index contributed by atoms with van der Waals surface area (Å²) in [7, 11) is 4.32.